The Labute approximate surface area is 85.4 Å². The molecule has 0 saturated carbocycles. The summed E-state index contributed by atoms with van der Waals surface area (Å²) in [6.45, 7) is 3.70. The number of terminal acetylenes is 1. The molecule has 3 heteroatoms. The first-order chi connectivity index (χ1) is 6.66. The SMILES string of the molecule is C#C.CCC(N)=O.Cc1ccccn1. The summed E-state index contributed by atoms with van der Waals surface area (Å²) < 4.78 is 0. The average Bonchev–Trinajstić information content (AvgIpc) is 2.23. The maximum atomic E-state index is 9.59. The van der Waals surface area contributed by atoms with Gasteiger partial charge in [0.15, 0.2) is 0 Å². The van der Waals surface area contributed by atoms with Crippen molar-refractivity contribution in [3.05, 3.63) is 30.1 Å². The highest BCUT2D eigenvalue weighted by atomic mass is 16.1. The number of aromatic nitrogens is 1. The fourth-order valence-electron chi connectivity index (χ4n) is 0.448. The fraction of sp³-hybridized carbons (Fsp3) is 0.273. The molecule has 0 fully saturated rings. The van der Waals surface area contributed by atoms with Gasteiger partial charge in [-0.05, 0) is 19.1 Å². The second-order valence-corrected chi connectivity index (χ2v) is 2.29. The number of nitrogens with zero attached hydrogens (tertiary/aromatic N) is 1. The highest BCUT2D eigenvalue weighted by molar-refractivity contribution is 5.73. The van der Waals surface area contributed by atoms with E-state index in [1.807, 2.05) is 25.1 Å². The van der Waals surface area contributed by atoms with Gasteiger partial charge >= 0.3 is 0 Å². The lowest BCUT2D eigenvalue weighted by Gasteiger charge is -1.82. The highest BCUT2D eigenvalue weighted by Gasteiger charge is 1.77. The van der Waals surface area contributed by atoms with Gasteiger partial charge in [0.1, 0.15) is 0 Å². The minimum absolute atomic E-state index is 0.245. The van der Waals surface area contributed by atoms with E-state index in [-0.39, 0.29) is 5.91 Å². The Balaban J connectivity index is 0. The number of primary amides is 1. The zero-order chi connectivity index (χ0) is 11.4. The van der Waals surface area contributed by atoms with Gasteiger partial charge in [0, 0.05) is 18.3 Å². The zero-order valence-electron chi connectivity index (χ0n) is 8.60. The lowest BCUT2D eigenvalue weighted by molar-refractivity contribution is -0.117. The number of nitrogens with two attached hydrogens (primary N) is 1. The van der Waals surface area contributed by atoms with Crippen LogP contribution in [0.15, 0.2) is 24.4 Å². The molecule has 0 aromatic carbocycles. The molecule has 76 valence electrons. The van der Waals surface area contributed by atoms with Gasteiger partial charge in [-0.15, -0.1) is 12.8 Å². The fourth-order valence-corrected chi connectivity index (χ4v) is 0.448. The molecule has 3 nitrogen and oxygen atoms in total. The molecule has 1 rings (SSSR count). The first-order valence-electron chi connectivity index (χ1n) is 4.16. The maximum absolute atomic E-state index is 9.59. The molecule has 0 aliphatic heterocycles. The third kappa shape index (κ3) is 12.8. The molecule has 1 aromatic rings. The smallest absolute Gasteiger partial charge is 0.217 e. The van der Waals surface area contributed by atoms with Gasteiger partial charge in [-0.1, -0.05) is 13.0 Å². The first kappa shape index (κ1) is 14.7. The van der Waals surface area contributed by atoms with Gasteiger partial charge in [-0.25, -0.2) is 0 Å². The summed E-state index contributed by atoms with van der Waals surface area (Å²) >= 11 is 0. The lowest BCUT2D eigenvalue weighted by Crippen LogP contribution is -2.06. The second-order valence-electron chi connectivity index (χ2n) is 2.29. The minimum atomic E-state index is -0.245. The van der Waals surface area contributed by atoms with Gasteiger partial charge < -0.3 is 5.73 Å². The molecule has 0 saturated heterocycles. The van der Waals surface area contributed by atoms with E-state index >= 15 is 0 Å². The largest absolute Gasteiger partial charge is 0.370 e. The van der Waals surface area contributed by atoms with Crippen LogP contribution in [-0.2, 0) is 4.79 Å². The molecular formula is C11H16N2O. The molecule has 0 aliphatic carbocycles. The molecule has 1 amide bonds. The quantitative estimate of drug-likeness (QED) is 0.686. The maximum Gasteiger partial charge on any atom is 0.217 e. The van der Waals surface area contributed by atoms with E-state index in [2.05, 4.69) is 23.6 Å². The van der Waals surface area contributed by atoms with Crippen molar-refractivity contribution in [1.29, 1.82) is 0 Å². The minimum Gasteiger partial charge on any atom is -0.370 e. The van der Waals surface area contributed by atoms with Crippen molar-refractivity contribution < 1.29 is 4.79 Å². The third-order valence-electron chi connectivity index (χ3n) is 1.16. The van der Waals surface area contributed by atoms with Crippen LogP contribution in [0.5, 0.6) is 0 Å². The van der Waals surface area contributed by atoms with Crippen LogP contribution in [0.1, 0.15) is 19.0 Å². The van der Waals surface area contributed by atoms with Crippen molar-refractivity contribution in [2.45, 2.75) is 20.3 Å². The number of hydrogen-bond acceptors (Lipinski definition) is 2. The molecule has 1 aromatic heterocycles. The molecule has 0 bridgehead atoms. The molecule has 0 radical (unpaired) electrons. The van der Waals surface area contributed by atoms with Gasteiger partial charge in [0.25, 0.3) is 0 Å². The van der Waals surface area contributed by atoms with Crippen LogP contribution >= 0.6 is 0 Å². The van der Waals surface area contributed by atoms with Gasteiger partial charge in [-0.3, -0.25) is 9.78 Å². The van der Waals surface area contributed by atoms with Crippen molar-refractivity contribution in [3.8, 4) is 12.8 Å². The van der Waals surface area contributed by atoms with Crippen molar-refractivity contribution >= 4 is 5.91 Å². The molecule has 1 heterocycles. The van der Waals surface area contributed by atoms with Gasteiger partial charge in [0.05, 0.1) is 0 Å². The first-order valence-corrected chi connectivity index (χ1v) is 4.16. The van der Waals surface area contributed by atoms with Crippen LogP contribution in [-0.4, -0.2) is 10.9 Å². The van der Waals surface area contributed by atoms with Gasteiger partial charge in [-0.2, -0.15) is 0 Å². The molecule has 0 atom stereocenters. The van der Waals surface area contributed by atoms with Crippen LogP contribution in [0.2, 0.25) is 0 Å². The van der Waals surface area contributed by atoms with Crippen molar-refractivity contribution in [2.75, 3.05) is 0 Å². The lowest BCUT2D eigenvalue weighted by atomic mass is 10.4. The number of aryl methyl sites for hydroxylation is 1. The molecule has 14 heavy (non-hydrogen) atoms. The third-order valence-corrected chi connectivity index (χ3v) is 1.16. The number of carbonyl (C=O) groups excluding carboxylic acids is 1. The summed E-state index contributed by atoms with van der Waals surface area (Å²) in [7, 11) is 0. The van der Waals surface area contributed by atoms with Gasteiger partial charge in [0.2, 0.25) is 5.91 Å². The molecular weight excluding hydrogens is 176 g/mol. The van der Waals surface area contributed by atoms with Crippen LogP contribution < -0.4 is 5.73 Å². The number of pyridine rings is 1. The van der Waals surface area contributed by atoms with Crippen LogP contribution in [0, 0.1) is 19.8 Å². The van der Waals surface area contributed by atoms with Crippen molar-refractivity contribution in [1.82, 2.24) is 4.98 Å². The Morgan fingerprint density at radius 1 is 1.50 bits per heavy atom. The average molecular weight is 192 g/mol. The predicted octanol–water partition coefficient (Wildman–Crippen LogP) is 1.52. The summed E-state index contributed by atoms with van der Waals surface area (Å²) in [6, 6.07) is 5.86. The number of rotatable bonds is 1. The van der Waals surface area contributed by atoms with E-state index in [0.29, 0.717) is 6.42 Å². The van der Waals surface area contributed by atoms with E-state index < -0.39 is 0 Å². The summed E-state index contributed by atoms with van der Waals surface area (Å²) in [5, 5.41) is 0. The van der Waals surface area contributed by atoms with Crippen LogP contribution in [0.25, 0.3) is 0 Å². The molecule has 0 spiro atoms. The van der Waals surface area contributed by atoms with E-state index in [1.165, 1.54) is 0 Å². The Bertz CT molecular complexity index is 254. The summed E-state index contributed by atoms with van der Waals surface area (Å²) in [4.78, 5) is 13.6. The Morgan fingerprint density at radius 3 is 2.14 bits per heavy atom. The Morgan fingerprint density at radius 2 is 2.00 bits per heavy atom. The monoisotopic (exact) mass is 192 g/mol. The standard InChI is InChI=1S/C6H7N.C3H7NO.C2H2/c1-6-4-2-3-5-7-6;1-2-3(4)5;1-2/h2-5H,1H3;2H2,1H3,(H2,4,5);1-2H. The Kier molecular flexibility index (Phi) is 11.7. The van der Waals surface area contributed by atoms with Crippen LogP contribution in [0.3, 0.4) is 0 Å². The second kappa shape index (κ2) is 11.2. The number of hydrogen-bond donors (Lipinski definition) is 1. The number of amides is 1. The van der Waals surface area contributed by atoms with Crippen molar-refractivity contribution in [3.63, 3.8) is 0 Å². The van der Waals surface area contributed by atoms with E-state index in [0.717, 1.165) is 5.69 Å². The Hall–Kier alpha value is -1.82. The molecule has 2 N–H and O–H groups in total. The van der Waals surface area contributed by atoms with Crippen molar-refractivity contribution in [2.24, 2.45) is 5.73 Å². The molecule has 0 aliphatic rings. The van der Waals surface area contributed by atoms with Crippen LogP contribution in [0.4, 0.5) is 0 Å². The van der Waals surface area contributed by atoms with E-state index in [4.69, 9.17) is 0 Å². The predicted molar refractivity (Wildman–Crippen MR) is 58.3 cm³/mol. The zero-order valence-corrected chi connectivity index (χ0v) is 8.60. The summed E-state index contributed by atoms with van der Waals surface area (Å²) in [5.74, 6) is -0.245. The van der Waals surface area contributed by atoms with E-state index in [9.17, 15) is 4.79 Å². The summed E-state index contributed by atoms with van der Waals surface area (Å²) in [6.07, 6.45) is 10.2. The summed E-state index contributed by atoms with van der Waals surface area (Å²) in [5.41, 5.74) is 5.72. The molecule has 0 unspecified atom stereocenters. The number of carbonyl (C=O) groups is 1. The van der Waals surface area contributed by atoms with E-state index in [1.54, 1.807) is 13.1 Å². The highest BCUT2D eigenvalue weighted by Crippen LogP contribution is 1.85. The normalized spacial score (nSPS) is 7.14. The topological polar surface area (TPSA) is 56.0 Å².